The standard InChI is InChI=1S/C22H17N5O4/c28-20-9-8-18(27(30)31)11-16(20)13-24-22(29)19-14-26(17-6-2-1-3-7-17)25-21(19)15-5-4-10-23-12-15/h1-12,14,28H,13H2,(H,24,29)/p-1. The van der Waals surface area contributed by atoms with Crippen molar-refractivity contribution in [3.8, 4) is 22.7 Å². The minimum atomic E-state index is -0.588. The lowest BCUT2D eigenvalue weighted by atomic mass is 10.1. The van der Waals surface area contributed by atoms with E-state index in [1.54, 1.807) is 35.4 Å². The Morgan fingerprint density at radius 2 is 1.90 bits per heavy atom. The molecule has 2 heterocycles. The molecular formula is C22H16N5O4-. The number of carbonyl (C=O) groups excluding carboxylic acids is 1. The summed E-state index contributed by atoms with van der Waals surface area (Å²) >= 11 is 0. The summed E-state index contributed by atoms with van der Waals surface area (Å²) in [5.74, 6) is -0.856. The molecule has 31 heavy (non-hydrogen) atoms. The molecule has 0 unspecified atom stereocenters. The summed E-state index contributed by atoms with van der Waals surface area (Å²) in [4.78, 5) is 27.4. The molecule has 0 aliphatic heterocycles. The Labute approximate surface area is 176 Å². The second-order valence-corrected chi connectivity index (χ2v) is 6.65. The molecule has 0 radical (unpaired) electrons. The highest BCUT2D eigenvalue weighted by atomic mass is 16.6. The van der Waals surface area contributed by atoms with Crippen LogP contribution in [0.2, 0.25) is 0 Å². The first-order valence-electron chi connectivity index (χ1n) is 9.31. The number of nitro benzene ring substituents is 1. The number of benzene rings is 2. The Morgan fingerprint density at radius 1 is 1.10 bits per heavy atom. The quantitative estimate of drug-likeness (QED) is 0.382. The van der Waals surface area contributed by atoms with Crippen LogP contribution in [-0.4, -0.2) is 25.6 Å². The number of nitrogens with zero attached hydrogens (tertiary/aromatic N) is 4. The Bertz CT molecular complexity index is 1240. The highest BCUT2D eigenvalue weighted by Gasteiger charge is 2.19. The summed E-state index contributed by atoms with van der Waals surface area (Å²) in [6.45, 7) is -0.150. The molecule has 1 amide bonds. The first kappa shape index (κ1) is 19.8. The number of aromatic nitrogens is 3. The van der Waals surface area contributed by atoms with Crippen molar-refractivity contribution in [2.24, 2.45) is 0 Å². The smallest absolute Gasteiger partial charge is 0.269 e. The zero-order valence-electron chi connectivity index (χ0n) is 16.1. The van der Waals surface area contributed by atoms with Gasteiger partial charge in [0.05, 0.1) is 16.2 Å². The molecule has 0 aliphatic rings. The fraction of sp³-hybridized carbons (Fsp3) is 0.0455. The van der Waals surface area contributed by atoms with Crippen LogP contribution in [0.3, 0.4) is 0 Å². The van der Waals surface area contributed by atoms with Gasteiger partial charge in [0.1, 0.15) is 5.69 Å². The molecule has 2 aromatic heterocycles. The zero-order chi connectivity index (χ0) is 21.8. The first-order valence-corrected chi connectivity index (χ1v) is 9.31. The third-order valence-electron chi connectivity index (χ3n) is 4.61. The van der Waals surface area contributed by atoms with Crippen molar-refractivity contribution in [1.29, 1.82) is 0 Å². The number of rotatable bonds is 6. The number of carbonyl (C=O) groups is 1. The summed E-state index contributed by atoms with van der Waals surface area (Å²) in [7, 11) is 0. The van der Waals surface area contributed by atoms with Gasteiger partial charge >= 0.3 is 0 Å². The van der Waals surface area contributed by atoms with Gasteiger partial charge in [-0.1, -0.05) is 24.3 Å². The number of hydrogen-bond acceptors (Lipinski definition) is 6. The van der Waals surface area contributed by atoms with E-state index in [9.17, 15) is 20.0 Å². The van der Waals surface area contributed by atoms with Gasteiger partial charge < -0.3 is 10.4 Å². The molecule has 0 bridgehead atoms. The van der Waals surface area contributed by atoms with Crippen molar-refractivity contribution in [2.75, 3.05) is 0 Å². The SMILES string of the molecule is O=C(NCc1cc([N+](=O)[O-])ccc1[O-])c1cn(-c2ccccc2)nc1-c1cccnc1. The number of para-hydroxylation sites is 1. The van der Waals surface area contributed by atoms with E-state index in [2.05, 4.69) is 15.4 Å². The van der Waals surface area contributed by atoms with Gasteiger partial charge in [0.25, 0.3) is 11.6 Å². The number of non-ortho nitro benzene ring substituents is 1. The van der Waals surface area contributed by atoms with Crippen molar-refractivity contribution >= 4 is 11.6 Å². The number of pyridine rings is 1. The molecule has 9 nitrogen and oxygen atoms in total. The average molecular weight is 414 g/mol. The highest BCUT2D eigenvalue weighted by Crippen LogP contribution is 2.24. The Hall–Kier alpha value is -4.53. The van der Waals surface area contributed by atoms with Crippen molar-refractivity contribution in [3.05, 3.63) is 100 Å². The van der Waals surface area contributed by atoms with Crippen LogP contribution in [0.1, 0.15) is 15.9 Å². The van der Waals surface area contributed by atoms with E-state index in [0.717, 1.165) is 23.9 Å². The van der Waals surface area contributed by atoms with E-state index >= 15 is 0 Å². The van der Waals surface area contributed by atoms with Gasteiger partial charge in [-0.15, -0.1) is 5.75 Å². The van der Waals surface area contributed by atoms with Gasteiger partial charge in [-0.25, -0.2) is 4.68 Å². The number of nitrogens with one attached hydrogen (secondary N) is 1. The lowest BCUT2D eigenvalue weighted by molar-refractivity contribution is -0.385. The monoisotopic (exact) mass is 414 g/mol. The predicted octanol–water partition coefficient (Wildman–Crippen LogP) is 2.85. The Kier molecular flexibility index (Phi) is 5.39. The topological polar surface area (TPSA) is 126 Å². The normalized spacial score (nSPS) is 10.6. The molecule has 4 rings (SSSR count). The van der Waals surface area contributed by atoms with Crippen molar-refractivity contribution in [3.63, 3.8) is 0 Å². The lowest BCUT2D eigenvalue weighted by Gasteiger charge is -2.13. The van der Waals surface area contributed by atoms with Gasteiger partial charge in [-0.05, 0) is 29.8 Å². The molecule has 0 atom stereocenters. The highest BCUT2D eigenvalue weighted by molar-refractivity contribution is 5.99. The van der Waals surface area contributed by atoms with Crippen LogP contribution in [0.25, 0.3) is 16.9 Å². The average Bonchev–Trinajstić information content (AvgIpc) is 3.25. The summed E-state index contributed by atoms with van der Waals surface area (Å²) in [6.07, 6.45) is 4.82. The summed E-state index contributed by atoms with van der Waals surface area (Å²) in [5.41, 5.74) is 2.05. The molecule has 0 spiro atoms. The molecule has 0 saturated carbocycles. The van der Waals surface area contributed by atoms with Crippen LogP contribution in [-0.2, 0) is 6.54 Å². The zero-order valence-corrected chi connectivity index (χ0v) is 16.1. The van der Waals surface area contributed by atoms with E-state index < -0.39 is 16.6 Å². The molecule has 2 aromatic carbocycles. The van der Waals surface area contributed by atoms with Gasteiger partial charge in [0.15, 0.2) is 0 Å². The fourth-order valence-corrected chi connectivity index (χ4v) is 3.06. The first-order chi connectivity index (χ1) is 15.0. The predicted molar refractivity (Wildman–Crippen MR) is 111 cm³/mol. The van der Waals surface area contributed by atoms with Crippen LogP contribution in [0.5, 0.6) is 5.75 Å². The van der Waals surface area contributed by atoms with E-state index in [0.29, 0.717) is 11.3 Å². The van der Waals surface area contributed by atoms with E-state index in [4.69, 9.17) is 0 Å². The fourth-order valence-electron chi connectivity index (χ4n) is 3.06. The minimum Gasteiger partial charge on any atom is -0.872 e. The van der Waals surface area contributed by atoms with Crippen molar-refractivity contribution < 1.29 is 14.8 Å². The van der Waals surface area contributed by atoms with Crippen molar-refractivity contribution in [1.82, 2.24) is 20.1 Å². The molecule has 4 aromatic rings. The van der Waals surface area contributed by atoms with Gasteiger partial charge in [-0.2, -0.15) is 5.10 Å². The van der Waals surface area contributed by atoms with E-state index in [-0.39, 0.29) is 23.4 Å². The maximum absolute atomic E-state index is 13.0. The van der Waals surface area contributed by atoms with Crippen LogP contribution in [0.4, 0.5) is 5.69 Å². The maximum atomic E-state index is 13.0. The van der Waals surface area contributed by atoms with Crippen LogP contribution in [0.15, 0.2) is 79.3 Å². The van der Waals surface area contributed by atoms with Gasteiger partial charge in [0.2, 0.25) is 0 Å². The summed E-state index contributed by atoms with van der Waals surface area (Å²) in [6, 6.07) is 16.3. The number of nitro groups is 1. The third-order valence-corrected chi connectivity index (χ3v) is 4.61. The van der Waals surface area contributed by atoms with Crippen LogP contribution >= 0.6 is 0 Å². The Balaban J connectivity index is 1.65. The summed E-state index contributed by atoms with van der Waals surface area (Å²) < 4.78 is 1.59. The Morgan fingerprint density at radius 3 is 2.61 bits per heavy atom. The molecule has 0 saturated heterocycles. The molecule has 0 fully saturated rings. The molecule has 9 heteroatoms. The summed E-state index contributed by atoms with van der Waals surface area (Å²) in [5, 5.41) is 30.2. The second-order valence-electron chi connectivity index (χ2n) is 6.65. The van der Waals surface area contributed by atoms with Crippen molar-refractivity contribution in [2.45, 2.75) is 6.54 Å². The van der Waals surface area contributed by atoms with Gasteiger partial charge in [0, 0.05) is 42.8 Å². The molecule has 154 valence electrons. The van der Waals surface area contributed by atoms with Gasteiger partial charge in [-0.3, -0.25) is 19.9 Å². The van der Waals surface area contributed by atoms with Crippen LogP contribution < -0.4 is 10.4 Å². The second kappa shape index (κ2) is 8.46. The maximum Gasteiger partial charge on any atom is 0.269 e. The van der Waals surface area contributed by atoms with Crippen LogP contribution in [0, 0.1) is 10.1 Å². The van der Waals surface area contributed by atoms with E-state index in [1.165, 1.54) is 0 Å². The third kappa shape index (κ3) is 4.25. The number of amides is 1. The molecule has 1 N–H and O–H groups in total. The molecular weight excluding hydrogens is 398 g/mol. The largest absolute Gasteiger partial charge is 0.872 e. The minimum absolute atomic E-state index is 0.126. The van der Waals surface area contributed by atoms with E-state index in [1.807, 2.05) is 30.3 Å². The molecule has 0 aliphatic carbocycles. The number of hydrogen-bond donors (Lipinski definition) is 1. The lowest BCUT2D eigenvalue weighted by Crippen LogP contribution is -2.23.